The predicted octanol–water partition coefficient (Wildman–Crippen LogP) is 13.7. The van der Waals surface area contributed by atoms with Crippen molar-refractivity contribution < 1.29 is 38.7 Å². The van der Waals surface area contributed by atoms with Gasteiger partial charge in [0.1, 0.15) is 0 Å². The van der Waals surface area contributed by atoms with Crippen LogP contribution in [-0.4, -0.2) is 19.7 Å². The Morgan fingerprint density at radius 3 is 1.30 bits per heavy atom. The van der Waals surface area contributed by atoms with Gasteiger partial charge in [-0.15, -0.1) is 24.8 Å². The summed E-state index contributed by atoms with van der Waals surface area (Å²) < 4.78 is 25.2. The summed E-state index contributed by atoms with van der Waals surface area (Å²) in [7, 11) is 3.50. The molecule has 288 valence electrons. The van der Waals surface area contributed by atoms with Crippen LogP contribution in [0.3, 0.4) is 0 Å². The van der Waals surface area contributed by atoms with Crippen LogP contribution in [0, 0.1) is 41.5 Å². The van der Waals surface area contributed by atoms with Crippen molar-refractivity contribution in [1.29, 1.82) is 0 Å². The van der Waals surface area contributed by atoms with E-state index in [2.05, 4.69) is 140 Å². The second-order valence-electron chi connectivity index (χ2n) is 15.2. The number of halogens is 2. The number of methoxy groups -OCH3 is 2. The Hall–Kier alpha value is -3.80. The Morgan fingerprint density at radius 1 is 0.554 bits per heavy atom. The maximum absolute atomic E-state index is 6.59. The van der Waals surface area contributed by atoms with E-state index in [1.54, 1.807) is 14.2 Å². The van der Waals surface area contributed by atoms with Gasteiger partial charge >= 0.3 is 330 Å². The molecule has 2 aliphatic rings. The number of aryl methyl sites for hydroxylation is 4. The van der Waals surface area contributed by atoms with Gasteiger partial charge in [0.15, 0.2) is 0 Å². The van der Waals surface area contributed by atoms with Gasteiger partial charge in [0.2, 0.25) is 0 Å². The van der Waals surface area contributed by atoms with E-state index < -0.39 is 25.8 Å². The summed E-state index contributed by atoms with van der Waals surface area (Å²) in [5.74, 6) is 5.62. The minimum absolute atomic E-state index is 0. The molecule has 2 unspecified atom stereocenters. The topological polar surface area (TPSA) is 44.7 Å². The first-order chi connectivity index (χ1) is 26.0. The first kappa shape index (κ1) is 41.8. The van der Waals surface area contributed by atoms with E-state index in [1.807, 2.05) is 12.1 Å². The first-order valence-corrected chi connectivity index (χ1v) is 27.8. The van der Waals surface area contributed by atoms with Crippen LogP contribution in [0.15, 0.2) is 93.8 Å². The first-order valence-electron chi connectivity index (χ1n) is 18.8. The van der Waals surface area contributed by atoms with Crippen molar-refractivity contribution in [3.8, 4) is 33.8 Å². The summed E-state index contributed by atoms with van der Waals surface area (Å²) in [6.07, 6.45) is 4.98. The van der Waals surface area contributed by atoms with Crippen molar-refractivity contribution >= 4 is 53.5 Å². The summed E-state index contributed by atoms with van der Waals surface area (Å²) >= 11 is -2.74. The van der Waals surface area contributed by atoms with E-state index >= 15 is 0 Å². The molecule has 0 amide bonds. The Morgan fingerprint density at radius 2 is 0.964 bits per heavy atom. The Labute approximate surface area is 352 Å². The van der Waals surface area contributed by atoms with Gasteiger partial charge in [0.25, 0.3) is 0 Å². The van der Waals surface area contributed by atoms with Gasteiger partial charge in [-0.2, -0.15) is 0 Å². The number of fused-ring (bicyclic) bond motifs is 2. The summed E-state index contributed by atoms with van der Waals surface area (Å²) in [5, 5.41) is 0. The molecular formula is C48H50Cl2O4SiZr. The second-order valence-corrected chi connectivity index (χ2v) is 33.1. The largest absolute Gasteiger partial charge is 0.147 e. The molecule has 2 aliphatic carbocycles. The third-order valence-corrected chi connectivity index (χ3v) is 30.8. The number of hydrogen-bond acceptors (Lipinski definition) is 4. The summed E-state index contributed by atoms with van der Waals surface area (Å²) in [5.41, 5.74) is 17.7. The van der Waals surface area contributed by atoms with Crippen molar-refractivity contribution in [1.82, 2.24) is 0 Å². The Kier molecular flexibility index (Phi) is 12.4. The van der Waals surface area contributed by atoms with E-state index in [1.165, 1.54) is 77.9 Å². The molecule has 6 aromatic rings. The normalized spacial score (nSPS) is 15.2. The van der Waals surface area contributed by atoms with Gasteiger partial charge in [-0.25, -0.2) is 0 Å². The van der Waals surface area contributed by atoms with E-state index in [-0.39, 0.29) is 32.1 Å². The molecule has 0 saturated carbocycles. The Bertz CT molecular complexity index is 2410. The van der Waals surface area contributed by atoms with E-state index in [0.29, 0.717) is 0 Å². The molecule has 2 aromatic heterocycles. The van der Waals surface area contributed by atoms with Crippen LogP contribution in [0.25, 0.3) is 45.6 Å². The summed E-state index contributed by atoms with van der Waals surface area (Å²) in [4.78, 5) is 0. The van der Waals surface area contributed by atoms with Crippen molar-refractivity contribution in [2.75, 3.05) is 14.2 Å². The minimum atomic E-state index is -2.74. The molecule has 2 heterocycles. The molecule has 0 fully saturated rings. The predicted molar refractivity (Wildman–Crippen MR) is 236 cm³/mol. The molecule has 2 atom stereocenters. The molecule has 8 heteroatoms. The third kappa shape index (κ3) is 7.17. The second kappa shape index (κ2) is 16.6. The van der Waals surface area contributed by atoms with Crippen LogP contribution in [0.4, 0.5) is 0 Å². The van der Waals surface area contributed by atoms with Gasteiger partial charge in [-0.3, -0.25) is 0 Å². The third-order valence-electron chi connectivity index (χ3n) is 11.6. The summed E-state index contributed by atoms with van der Waals surface area (Å²) in [6, 6.07) is 30.8. The quantitative estimate of drug-likeness (QED) is 0.143. The fraction of sp³-hybridized carbons (Fsp3) is 0.250. The number of ether oxygens (including phenoxy) is 2. The number of allylic oxidation sites excluding steroid dienone is 2. The van der Waals surface area contributed by atoms with Gasteiger partial charge in [-0.1, -0.05) is 0 Å². The maximum Gasteiger partial charge on any atom is -0.147 e. The molecule has 4 aromatic carbocycles. The Balaban J connectivity index is 0.00000266. The zero-order chi connectivity index (χ0) is 38.0. The van der Waals surface area contributed by atoms with Crippen molar-refractivity contribution in [3.05, 3.63) is 152 Å². The van der Waals surface area contributed by atoms with Crippen LogP contribution in [-0.2, 0) is 20.4 Å². The SMILES string of the molecule is COc1cccc(-c2c(C)c(C)cc3c2C=C(c2ccc(C)o2)[CH]3[Zr]([CH]2C(c3ccc(C)o3)=Cc3c2cc(C)c(C)c3-c2cccc(OC)c2)=[Si](C)C)c1.Cl.Cl. The molecule has 0 N–H and O–H groups in total. The van der Waals surface area contributed by atoms with Crippen LogP contribution in [0.1, 0.15) is 74.8 Å². The van der Waals surface area contributed by atoms with Crippen LogP contribution in [0.2, 0.25) is 13.1 Å². The van der Waals surface area contributed by atoms with Crippen molar-refractivity contribution in [2.45, 2.75) is 61.9 Å². The maximum atomic E-state index is 6.59. The average molecular weight is 881 g/mol. The van der Waals surface area contributed by atoms with Gasteiger partial charge in [-0.05, 0) is 0 Å². The van der Waals surface area contributed by atoms with Crippen LogP contribution >= 0.6 is 24.8 Å². The minimum Gasteiger partial charge on any atom is -0.147 e. The smallest absolute Gasteiger partial charge is 0.147 e. The molecule has 8 rings (SSSR count). The molecule has 0 radical (unpaired) electrons. The van der Waals surface area contributed by atoms with Crippen LogP contribution in [0.5, 0.6) is 11.5 Å². The van der Waals surface area contributed by atoms with Crippen molar-refractivity contribution in [2.24, 2.45) is 0 Å². The molecule has 4 nitrogen and oxygen atoms in total. The van der Waals surface area contributed by atoms with Crippen molar-refractivity contribution in [3.63, 3.8) is 0 Å². The number of hydrogen-bond donors (Lipinski definition) is 0. The number of furan rings is 2. The van der Waals surface area contributed by atoms with E-state index in [9.17, 15) is 0 Å². The monoisotopic (exact) mass is 878 g/mol. The average Bonchev–Trinajstić information content (AvgIpc) is 3.96. The van der Waals surface area contributed by atoms with Gasteiger partial charge in [0.05, 0.1) is 0 Å². The molecule has 0 aliphatic heterocycles. The zero-order valence-corrected chi connectivity index (χ0v) is 38.9. The number of benzene rings is 4. The fourth-order valence-electron chi connectivity index (χ4n) is 8.85. The zero-order valence-electron chi connectivity index (χ0n) is 33.8. The van der Waals surface area contributed by atoms with E-state index in [4.69, 9.17) is 18.3 Å². The fourth-order valence-corrected chi connectivity index (χ4v) is 28.6. The standard InChI is InChI=1S/2C23H21O2.C2H6Si.2ClH.Zr/c2*1-14-10-18-11-19(22-9-8-15(2)25-22)13-21(18)23(16(14)3)17-6-5-7-20(12-17)24-4;1-3-2;;;/h2*5-13H,1-4H3;1-2H3;2*1H;. The molecule has 0 saturated heterocycles. The molecule has 0 bridgehead atoms. The summed E-state index contributed by atoms with van der Waals surface area (Å²) in [6.45, 7) is 18.4. The molecular weight excluding hydrogens is 831 g/mol. The van der Waals surface area contributed by atoms with Gasteiger partial charge in [0, 0.05) is 0 Å². The molecule has 56 heavy (non-hydrogen) atoms. The van der Waals surface area contributed by atoms with Gasteiger partial charge < -0.3 is 0 Å². The number of rotatable bonds is 8. The van der Waals surface area contributed by atoms with E-state index in [0.717, 1.165) is 34.5 Å². The molecule has 0 spiro atoms. The van der Waals surface area contributed by atoms with Crippen LogP contribution < -0.4 is 9.47 Å².